The van der Waals surface area contributed by atoms with Crippen molar-refractivity contribution in [3.8, 4) is 0 Å². The molecule has 0 unspecified atom stereocenters. The zero-order valence-electron chi connectivity index (χ0n) is 10.7. The standard InChI is InChI=1S/C12H12ClN3O4/c1-20-5-4-15-11(7-13)14-10-3-2-8(16(18)19)6-9(10)12(15)17/h2-3,6H,4-5,7H2,1H3. The maximum atomic E-state index is 12.4. The van der Waals surface area contributed by atoms with Crippen molar-refractivity contribution in [1.82, 2.24) is 9.55 Å². The molecule has 0 bridgehead atoms. The van der Waals surface area contributed by atoms with Crippen LogP contribution < -0.4 is 5.56 Å². The van der Waals surface area contributed by atoms with Crippen LogP contribution in [0.15, 0.2) is 23.0 Å². The summed E-state index contributed by atoms with van der Waals surface area (Å²) in [5.74, 6) is 0.487. The number of methoxy groups -OCH3 is 1. The zero-order valence-corrected chi connectivity index (χ0v) is 11.5. The lowest BCUT2D eigenvalue weighted by molar-refractivity contribution is -0.384. The van der Waals surface area contributed by atoms with Gasteiger partial charge in [0.2, 0.25) is 0 Å². The fourth-order valence-electron chi connectivity index (χ4n) is 1.88. The van der Waals surface area contributed by atoms with E-state index >= 15 is 0 Å². The van der Waals surface area contributed by atoms with Crippen LogP contribution in [-0.2, 0) is 17.2 Å². The molecule has 7 nitrogen and oxygen atoms in total. The number of rotatable bonds is 5. The quantitative estimate of drug-likeness (QED) is 0.476. The van der Waals surface area contributed by atoms with E-state index in [1.165, 1.54) is 29.9 Å². The first-order chi connectivity index (χ1) is 9.58. The Morgan fingerprint density at radius 2 is 2.25 bits per heavy atom. The van der Waals surface area contributed by atoms with Gasteiger partial charge in [0.05, 0.1) is 34.9 Å². The van der Waals surface area contributed by atoms with E-state index in [1.807, 2.05) is 0 Å². The van der Waals surface area contributed by atoms with Crippen molar-refractivity contribution >= 4 is 28.2 Å². The minimum atomic E-state index is -0.548. The van der Waals surface area contributed by atoms with Gasteiger partial charge in [0.25, 0.3) is 11.2 Å². The van der Waals surface area contributed by atoms with Crippen molar-refractivity contribution in [3.05, 3.63) is 44.5 Å². The van der Waals surface area contributed by atoms with E-state index in [2.05, 4.69) is 4.98 Å². The van der Waals surface area contributed by atoms with Crippen LogP contribution in [0, 0.1) is 10.1 Å². The summed E-state index contributed by atoms with van der Waals surface area (Å²) >= 11 is 5.79. The highest BCUT2D eigenvalue weighted by Crippen LogP contribution is 2.17. The minimum absolute atomic E-state index is 0.0753. The average Bonchev–Trinajstić information content (AvgIpc) is 2.45. The second-order valence-electron chi connectivity index (χ2n) is 4.07. The Hall–Kier alpha value is -1.99. The number of alkyl halides is 1. The number of halogens is 1. The number of hydrogen-bond donors (Lipinski definition) is 0. The fourth-order valence-corrected chi connectivity index (χ4v) is 2.09. The number of non-ortho nitro benzene ring substituents is 1. The molecular formula is C12H12ClN3O4. The van der Waals surface area contributed by atoms with Crippen LogP contribution >= 0.6 is 11.6 Å². The number of nitrogens with zero attached hydrogens (tertiary/aromatic N) is 3. The summed E-state index contributed by atoms with van der Waals surface area (Å²) in [6.07, 6.45) is 0. The van der Waals surface area contributed by atoms with E-state index in [0.717, 1.165) is 0 Å². The van der Waals surface area contributed by atoms with Gasteiger partial charge in [0, 0.05) is 19.2 Å². The monoisotopic (exact) mass is 297 g/mol. The molecule has 0 aliphatic heterocycles. The van der Waals surface area contributed by atoms with Crippen LogP contribution in [0.5, 0.6) is 0 Å². The SMILES string of the molecule is COCCn1c(CCl)nc2ccc([N+](=O)[O-])cc2c1=O. The third-order valence-electron chi connectivity index (χ3n) is 2.87. The zero-order chi connectivity index (χ0) is 14.7. The number of fused-ring (bicyclic) bond motifs is 1. The Balaban J connectivity index is 2.68. The van der Waals surface area contributed by atoms with Crippen molar-refractivity contribution in [3.63, 3.8) is 0 Å². The minimum Gasteiger partial charge on any atom is -0.383 e. The van der Waals surface area contributed by atoms with Gasteiger partial charge in [-0.25, -0.2) is 4.98 Å². The van der Waals surface area contributed by atoms with Gasteiger partial charge in [0.1, 0.15) is 5.82 Å². The molecule has 0 saturated carbocycles. The molecule has 1 aromatic heterocycles. The summed E-state index contributed by atoms with van der Waals surface area (Å²) in [5, 5.41) is 11.0. The molecule has 1 heterocycles. The van der Waals surface area contributed by atoms with E-state index in [4.69, 9.17) is 16.3 Å². The summed E-state index contributed by atoms with van der Waals surface area (Å²) in [6, 6.07) is 3.99. The third kappa shape index (κ3) is 2.63. The highest BCUT2D eigenvalue weighted by Gasteiger charge is 2.14. The normalized spacial score (nSPS) is 10.9. The van der Waals surface area contributed by atoms with E-state index in [-0.39, 0.29) is 22.5 Å². The smallest absolute Gasteiger partial charge is 0.270 e. The molecule has 106 valence electrons. The summed E-state index contributed by atoms with van der Waals surface area (Å²) in [4.78, 5) is 26.9. The number of nitro benzene ring substituents is 1. The fraction of sp³-hybridized carbons (Fsp3) is 0.333. The number of nitro groups is 1. The number of benzene rings is 1. The van der Waals surface area contributed by atoms with Crippen LogP contribution in [0.1, 0.15) is 5.82 Å². The van der Waals surface area contributed by atoms with Crippen LogP contribution in [0.3, 0.4) is 0 Å². The molecular weight excluding hydrogens is 286 g/mol. The lowest BCUT2D eigenvalue weighted by atomic mass is 10.2. The third-order valence-corrected chi connectivity index (χ3v) is 3.11. The molecule has 0 fully saturated rings. The maximum Gasteiger partial charge on any atom is 0.270 e. The van der Waals surface area contributed by atoms with Gasteiger partial charge in [-0.15, -0.1) is 11.6 Å². The molecule has 2 rings (SSSR count). The van der Waals surface area contributed by atoms with Crippen LogP contribution in [0.25, 0.3) is 10.9 Å². The van der Waals surface area contributed by atoms with Gasteiger partial charge in [-0.2, -0.15) is 0 Å². The Morgan fingerprint density at radius 1 is 1.50 bits per heavy atom. The highest BCUT2D eigenvalue weighted by molar-refractivity contribution is 6.16. The average molecular weight is 298 g/mol. The van der Waals surface area contributed by atoms with Gasteiger partial charge in [-0.3, -0.25) is 19.5 Å². The van der Waals surface area contributed by atoms with E-state index in [9.17, 15) is 14.9 Å². The summed E-state index contributed by atoms with van der Waals surface area (Å²) in [7, 11) is 1.52. The first kappa shape index (κ1) is 14.4. The molecule has 0 amide bonds. The molecule has 0 radical (unpaired) electrons. The van der Waals surface area contributed by atoms with Gasteiger partial charge < -0.3 is 4.74 Å². The predicted molar refractivity (Wildman–Crippen MR) is 74.1 cm³/mol. The summed E-state index contributed by atoms with van der Waals surface area (Å²) in [5.41, 5.74) is -0.107. The van der Waals surface area contributed by atoms with Crippen molar-refractivity contribution < 1.29 is 9.66 Å². The molecule has 1 aromatic carbocycles. The van der Waals surface area contributed by atoms with E-state index in [0.29, 0.717) is 24.5 Å². The molecule has 0 aliphatic carbocycles. The second kappa shape index (κ2) is 5.98. The van der Waals surface area contributed by atoms with Crippen molar-refractivity contribution in [2.75, 3.05) is 13.7 Å². The Kier molecular flexibility index (Phi) is 4.31. The van der Waals surface area contributed by atoms with Crippen LogP contribution in [-0.4, -0.2) is 28.2 Å². The number of ether oxygens (including phenoxy) is 1. The summed E-state index contributed by atoms with van der Waals surface area (Å²) in [6.45, 7) is 0.620. The Morgan fingerprint density at radius 3 is 2.85 bits per heavy atom. The molecule has 2 aromatic rings. The molecule has 0 aliphatic rings. The van der Waals surface area contributed by atoms with Gasteiger partial charge in [0.15, 0.2) is 0 Å². The Bertz CT molecular complexity index is 714. The van der Waals surface area contributed by atoms with Gasteiger partial charge >= 0.3 is 0 Å². The van der Waals surface area contributed by atoms with E-state index < -0.39 is 4.92 Å². The molecule has 0 atom stereocenters. The van der Waals surface area contributed by atoms with Gasteiger partial charge in [-0.05, 0) is 6.07 Å². The lowest BCUT2D eigenvalue weighted by Crippen LogP contribution is -2.26. The highest BCUT2D eigenvalue weighted by atomic mass is 35.5. The first-order valence-electron chi connectivity index (χ1n) is 5.81. The molecule has 0 saturated heterocycles. The number of hydrogen-bond acceptors (Lipinski definition) is 5. The topological polar surface area (TPSA) is 87.3 Å². The molecule has 8 heteroatoms. The second-order valence-corrected chi connectivity index (χ2v) is 4.34. The van der Waals surface area contributed by atoms with Crippen molar-refractivity contribution in [1.29, 1.82) is 0 Å². The van der Waals surface area contributed by atoms with Crippen LogP contribution in [0.4, 0.5) is 5.69 Å². The predicted octanol–water partition coefficient (Wildman–Crippen LogP) is 1.69. The number of aromatic nitrogens is 2. The maximum absolute atomic E-state index is 12.4. The molecule has 20 heavy (non-hydrogen) atoms. The molecule has 0 spiro atoms. The summed E-state index contributed by atoms with van der Waals surface area (Å²) < 4.78 is 6.31. The largest absolute Gasteiger partial charge is 0.383 e. The Labute approximate surface area is 118 Å². The van der Waals surface area contributed by atoms with Crippen molar-refractivity contribution in [2.24, 2.45) is 0 Å². The van der Waals surface area contributed by atoms with Crippen molar-refractivity contribution in [2.45, 2.75) is 12.4 Å². The lowest BCUT2D eigenvalue weighted by Gasteiger charge is -2.11. The first-order valence-corrected chi connectivity index (χ1v) is 6.34. The van der Waals surface area contributed by atoms with Crippen LogP contribution in [0.2, 0.25) is 0 Å². The molecule has 0 N–H and O–H groups in total. The van der Waals surface area contributed by atoms with Gasteiger partial charge in [-0.1, -0.05) is 0 Å². The van der Waals surface area contributed by atoms with E-state index in [1.54, 1.807) is 0 Å².